The number of benzene rings is 2. The molecule has 0 radical (unpaired) electrons. The van der Waals surface area contributed by atoms with Gasteiger partial charge in [-0.25, -0.2) is 9.48 Å². The lowest BCUT2D eigenvalue weighted by molar-refractivity contribution is -0.138. The average Bonchev–Trinajstić information content (AvgIpc) is 3.28. The molecule has 0 saturated carbocycles. The lowest BCUT2D eigenvalue weighted by Gasteiger charge is -2.28. The molecule has 1 atom stereocenters. The SMILES string of the molecule is C=CCOC(=O)C1=C(C)Nc2nc(SCC)nn2C1c1ccc(OCc2ccc(Cl)cc2Cl)c(OC)c1. The highest BCUT2D eigenvalue weighted by Crippen LogP contribution is 2.40. The van der Waals surface area contributed by atoms with E-state index in [2.05, 4.69) is 22.0 Å². The molecule has 1 unspecified atom stereocenters. The van der Waals surface area contributed by atoms with Crippen LogP contribution in [0.5, 0.6) is 11.5 Å². The van der Waals surface area contributed by atoms with Gasteiger partial charge in [-0.05, 0) is 42.5 Å². The Hall–Kier alpha value is -3.14. The third-order valence-corrected chi connectivity index (χ3v) is 6.87. The van der Waals surface area contributed by atoms with Crippen LogP contribution < -0.4 is 14.8 Å². The summed E-state index contributed by atoms with van der Waals surface area (Å²) in [5, 5.41) is 9.52. The van der Waals surface area contributed by atoms with Crippen LogP contribution in [0.4, 0.5) is 5.95 Å². The van der Waals surface area contributed by atoms with Gasteiger partial charge in [0.1, 0.15) is 19.3 Å². The lowest BCUT2D eigenvalue weighted by atomic mass is 9.95. The van der Waals surface area contributed by atoms with Crippen molar-refractivity contribution in [1.29, 1.82) is 0 Å². The number of hydrogen-bond acceptors (Lipinski definition) is 8. The van der Waals surface area contributed by atoms with Crippen molar-refractivity contribution in [3.63, 3.8) is 0 Å². The van der Waals surface area contributed by atoms with E-state index in [4.69, 9.17) is 37.4 Å². The van der Waals surface area contributed by atoms with Crippen LogP contribution in [0.2, 0.25) is 10.0 Å². The summed E-state index contributed by atoms with van der Waals surface area (Å²) >= 11 is 13.8. The van der Waals surface area contributed by atoms with Crippen molar-refractivity contribution in [2.24, 2.45) is 0 Å². The smallest absolute Gasteiger partial charge is 0.338 e. The predicted molar refractivity (Wildman–Crippen MR) is 146 cm³/mol. The number of carbonyl (C=O) groups excluding carboxylic acids is 1. The van der Waals surface area contributed by atoms with Crippen LogP contribution in [0, 0.1) is 0 Å². The third kappa shape index (κ3) is 5.89. The summed E-state index contributed by atoms with van der Waals surface area (Å²) in [6.07, 6.45) is 1.53. The minimum Gasteiger partial charge on any atom is -0.493 e. The number of fused-ring (bicyclic) bond motifs is 1. The molecule has 0 spiro atoms. The summed E-state index contributed by atoms with van der Waals surface area (Å²) in [4.78, 5) is 17.7. The molecule has 1 aromatic heterocycles. The molecule has 0 amide bonds. The number of halogens is 2. The fourth-order valence-corrected chi connectivity index (χ4v) is 4.89. The number of esters is 1. The Morgan fingerprint density at radius 2 is 2.05 bits per heavy atom. The first-order chi connectivity index (χ1) is 17.9. The molecular formula is C26H26Cl2N4O4S. The number of carbonyl (C=O) groups is 1. The van der Waals surface area contributed by atoms with Crippen LogP contribution in [0.1, 0.15) is 31.0 Å². The zero-order valence-corrected chi connectivity index (χ0v) is 22.9. The molecule has 0 saturated heterocycles. The Balaban J connectivity index is 1.71. The van der Waals surface area contributed by atoms with E-state index in [1.54, 1.807) is 30.0 Å². The number of ether oxygens (including phenoxy) is 3. The lowest BCUT2D eigenvalue weighted by Crippen LogP contribution is -2.29. The zero-order valence-electron chi connectivity index (χ0n) is 20.6. The van der Waals surface area contributed by atoms with Crippen LogP contribution in [0.3, 0.4) is 0 Å². The first-order valence-corrected chi connectivity index (χ1v) is 13.2. The molecule has 8 nitrogen and oxygen atoms in total. The summed E-state index contributed by atoms with van der Waals surface area (Å²) in [5.74, 6) is 1.88. The summed E-state index contributed by atoms with van der Waals surface area (Å²) in [6.45, 7) is 7.78. The van der Waals surface area contributed by atoms with Gasteiger partial charge in [0.15, 0.2) is 11.5 Å². The second-order valence-corrected chi connectivity index (χ2v) is 10.1. The summed E-state index contributed by atoms with van der Waals surface area (Å²) in [5.41, 5.74) is 2.58. The number of nitrogens with one attached hydrogen (secondary N) is 1. The standard InChI is InChI=1S/C26H26Cl2N4O4S/c1-5-11-35-24(33)22-15(3)29-25-30-26(37-6-2)31-32(25)23(22)16-8-10-20(21(12-16)34-4)36-14-17-7-9-18(27)13-19(17)28/h5,7-10,12-13,23H,1,6,11,14H2,2-4H3,(H,29,30,31). The first-order valence-electron chi connectivity index (χ1n) is 11.5. The topological polar surface area (TPSA) is 87.5 Å². The number of methoxy groups -OCH3 is 1. The maximum atomic E-state index is 13.1. The molecule has 4 rings (SSSR count). The van der Waals surface area contributed by atoms with Gasteiger partial charge in [-0.1, -0.05) is 66.7 Å². The van der Waals surface area contributed by atoms with Gasteiger partial charge >= 0.3 is 5.97 Å². The van der Waals surface area contributed by atoms with Crippen LogP contribution >= 0.6 is 35.0 Å². The van der Waals surface area contributed by atoms with E-state index in [0.29, 0.717) is 43.9 Å². The summed E-state index contributed by atoms with van der Waals surface area (Å²) < 4.78 is 18.8. The molecule has 2 heterocycles. The maximum Gasteiger partial charge on any atom is 0.338 e. The molecule has 3 aromatic rings. The van der Waals surface area contributed by atoms with E-state index in [0.717, 1.165) is 16.9 Å². The number of hydrogen-bond donors (Lipinski definition) is 1. The van der Waals surface area contributed by atoms with E-state index in [-0.39, 0.29) is 13.2 Å². The minimum absolute atomic E-state index is 0.0901. The van der Waals surface area contributed by atoms with Gasteiger partial charge in [0, 0.05) is 21.3 Å². The summed E-state index contributed by atoms with van der Waals surface area (Å²) in [6, 6.07) is 10.1. The van der Waals surface area contributed by atoms with Crippen molar-refractivity contribution in [3.05, 3.63) is 81.5 Å². The van der Waals surface area contributed by atoms with Gasteiger partial charge in [0.05, 0.1) is 12.7 Å². The Labute approximate surface area is 229 Å². The Kier molecular flexibility index (Phi) is 8.68. The molecular weight excluding hydrogens is 535 g/mol. The molecule has 0 aliphatic carbocycles. The van der Waals surface area contributed by atoms with E-state index in [9.17, 15) is 4.79 Å². The molecule has 0 fully saturated rings. The van der Waals surface area contributed by atoms with Gasteiger partial charge in [0.2, 0.25) is 11.1 Å². The van der Waals surface area contributed by atoms with Crippen LogP contribution in [-0.4, -0.2) is 40.2 Å². The monoisotopic (exact) mass is 560 g/mol. The molecule has 37 heavy (non-hydrogen) atoms. The van der Waals surface area contributed by atoms with E-state index in [1.165, 1.54) is 17.8 Å². The highest BCUT2D eigenvalue weighted by molar-refractivity contribution is 7.99. The third-order valence-electron chi connectivity index (χ3n) is 5.56. The fourth-order valence-electron chi connectivity index (χ4n) is 3.87. The molecule has 11 heteroatoms. The van der Waals surface area contributed by atoms with Crippen molar-refractivity contribution in [2.75, 3.05) is 24.8 Å². The second-order valence-electron chi connectivity index (χ2n) is 7.98. The van der Waals surface area contributed by atoms with E-state index < -0.39 is 12.0 Å². The Morgan fingerprint density at radius 3 is 2.76 bits per heavy atom. The molecule has 0 bridgehead atoms. The molecule has 1 aliphatic rings. The molecule has 1 N–H and O–H groups in total. The van der Waals surface area contributed by atoms with Gasteiger partial charge in [0.25, 0.3) is 0 Å². The van der Waals surface area contributed by atoms with E-state index >= 15 is 0 Å². The minimum atomic E-state index is -0.596. The van der Waals surface area contributed by atoms with E-state index in [1.807, 2.05) is 32.0 Å². The number of rotatable bonds is 10. The zero-order chi connectivity index (χ0) is 26.5. The number of aromatic nitrogens is 3. The highest BCUT2D eigenvalue weighted by Gasteiger charge is 2.35. The average molecular weight is 561 g/mol. The van der Waals surface area contributed by atoms with Crippen molar-refractivity contribution in [2.45, 2.75) is 31.7 Å². The number of thioether (sulfide) groups is 1. The van der Waals surface area contributed by atoms with Crippen LogP contribution in [-0.2, 0) is 16.1 Å². The predicted octanol–water partition coefficient (Wildman–Crippen LogP) is 6.30. The molecule has 1 aliphatic heterocycles. The van der Waals surface area contributed by atoms with Crippen molar-refractivity contribution in [3.8, 4) is 11.5 Å². The van der Waals surface area contributed by atoms with Crippen molar-refractivity contribution < 1.29 is 19.0 Å². The largest absolute Gasteiger partial charge is 0.493 e. The number of anilines is 1. The van der Waals surface area contributed by atoms with Crippen molar-refractivity contribution >= 4 is 46.9 Å². The van der Waals surface area contributed by atoms with Crippen LogP contribution in [0.15, 0.2) is 65.5 Å². The first kappa shape index (κ1) is 26.9. The van der Waals surface area contributed by atoms with Gasteiger partial charge < -0.3 is 19.5 Å². The molecule has 2 aromatic carbocycles. The number of nitrogens with zero attached hydrogens (tertiary/aromatic N) is 3. The van der Waals surface area contributed by atoms with Crippen LogP contribution in [0.25, 0.3) is 0 Å². The van der Waals surface area contributed by atoms with Crippen molar-refractivity contribution in [1.82, 2.24) is 14.8 Å². The number of allylic oxidation sites excluding steroid dienone is 1. The second kappa shape index (κ2) is 11.9. The van der Waals surface area contributed by atoms with Gasteiger partial charge in [-0.3, -0.25) is 0 Å². The quantitative estimate of drug-likeness (QED) is 0.175. The van der Waals surface area contributed by atoms with Gasteiger partial charge in [-0.15, -0.1) is 5.10 Å². The molecule has 194 valence electrons. The Bertz CT molecular complexity index is 1360. The maximum absolute atomic E-state index is 13.1. The summed E-state index contributed by atoms with van der Waals surface area (Å²) in [7, 11) is 1.56. The van der Waals surface area contributed by atoms with Gasteiger partial charge in [-0.2, -0.15) is 4.98 Å². The normalized spacial score (nSPS) is 14.6. The highest BCUT2D eigenvalue weighted by atomic mass is 35.5. The Morgan fingerprint density at radius 1 is 1.24 bits per heavy atom. The fraction of sp³-hybridized carbons (Fsp3) is 0.269.